The van der Waals surface area contributed by atoms with Crippen LogP contribution in [0.3, 0.4) is 0 Å². The molecule has 0 aliphatic rings. The molecular formula is C24H21Cl2N3O. The van der Waals surface area contributed by atoms with Gasteiger partial charge in [0.05, 0.1) is 10.7 Å². The lowest BCUT2D eigenvalue weighted by molar-refractivity contribution is -0.112. The molecule has 0 saturated heterocycles. The van der Waals surface area contributed by atoms with Gasteiger partial charge in [-0.25, -0.2) is 0 Å². The fourth-order valence-electron chi connectivity index (χ4n) is 3.28. The van der Waals surface area contributed by atoms with Crippen molar-refractivity contribution >= 4 is 40.9 Å². The number of halogens is 2. The van der Waals surface area contributed by atoms with Crippen molar-refractivity contribution < 1.29 is 4.79 Å². The van der Waals surface area contributed by atoms with Gasteiger partial charge in [0.15, 0.2) is 0 Å². The quantitative estimate of drug-likeness (QED) is 0.370. The van der Waals surface area contributed by atoms with E-state index in [1.54, 1.807) is 24.3 Å². The second-order valence-corrected chi connectivity index (χ2v) is 8.02. The maximum Gasteiger partial charge on any atom is 0.266 e. The molecule has 1 amide bonds. The molecule has 0 aliphatic carbocycles. The van der Waals surface area contributed by atoms with Crippen LogP contribution in [0.2, 0.25) is 10.0 Å². The summed E-state index contributed by atoms with van der Waals surface area (Å²) in [6.45, 7) is 7.82. The van der Waals surface area contributed by atoms with E-state index in [2.05, 4.69) is 5.32 Å². The van der Waals surface area contributed by atoms with Crippen LogP contribution in [-0.4, -0.2) is 10.5 Å². The highest BCUT2D eigenvalue weighted by Crippen LogP contribution is 2.30. The molecule has 4 nitrogen and oxygen atoms in total. The van der Waals surface area contributed by atoms with Gasteiger partial charge in [-0.15, -0.1) is 0 Å². The maximum absolute atomic E-state index is 12.7. The molecule has 0 saturated carbocycles. The topological polar surface area (TPSA) is 57.8 Å². The number of rotatable bonds is 4. The molecule has 1 N–H and O–H groups in total. The average molecular weight is 438 g/mol. The molecule has 2 aromatic carbocycles. The van der Waals surface area contributed by atoms with Crippen molar-refractivity contribution in [3.05, 3.63) is 86.2 Å². The number of nitriles is 1. The minimum atomic E-state index is -0.452. The van der Waals surface area contributed by atoms with E-state index in [-0.39, 0.29) is 5.57 Å². The van der Waals surface area contributed by atoms with Gasteiger partial charge in [0.1, 0.15) is 11.6 Å². The molecule has 0 spiro atoms. The highest BCUT2D eigenvalue weighted by Gasteiger charge is 2.16. The summed E-state index contributed by atoms with van der Waals surface area (Å²) in [5.74, 6) is -0.452. The minimum absolute atomic E-state index is 0.0191. The van der Waals surface area contributed by atoms with E-state index in [0.717, 1.165) is 33.8 Å². The Morgan fingerprint density at radius 1 is 1.03 bits per heavy atom. The molecule has 3 aromatic rings. The predicted octanol–water partition coefficient (Wildman–Crippen LogP) is 6.56. The van der Waals surface area contributed by atoms with Crippen LogP contribution in [0.15, 0.2) is 48.0 Å². The SMILES string of the molecule is Cc1ccc(NC(=O)/C(C#N)=C\c2cc(C)n(-c3cc(Cl)ccc3Cl)c2C)cc1C. The van der Waals surface area contributed by atoms with Gasteiger partial charge in [-0.3, -0.25) is 4.79 Å². The molecule has 0 fully saturated rings. The van der Waals surface area contributed by atoms with E-state index in [1.165, 1.54) is 0 Å². The van der Waals surface area contributed by atoms with Crippen LogP contribution in [0.25, 0.3) is 11.8 Å². The highest BCUT2D eigenvalue weighted by molar-refractivity contribution is 6.34. The Labute approximate surface area is 186 Å². The first-order valence-electron chi connectivity index (χ1n) is 9.36. The zero-order chi connectivity index (χ0) is 22.0. The van der Waals surface area contributed by atoms with Crippen LogP contribution in [0.1, 0.15) is 28.1 Å². The number of nitrogens with zero attached hydrogens (tertiary/aromatic N) is 2. The molecule has 1 aromatic heterocycles. The first-order chi connectivity index (χ1) is 14.2. The molecule has 0 bridgehead atoms. The lowest BCUT2D eigenvalue weighted by Crippen LogP contribution is -2.13. The molecule has 152 valence electrons. The third-order valence-corrected chi connectivity index (χ3v) is 5.60. The largest absolute Gasteiger partial charge is 0.321 e. The van der Waals surface area contributed by atoms with Crippen LogP contribution < -0.4 is 5.32 Å². The molecule has 0 unspecified atom stereocenters. The van der Waals surface area contributed by atoms with Crippen molar-refractivity contribution in [1.29, 1.82) is 5.26 Å². The molecule has 6 heteroatoms. The van der Waals surface area contributed by atoms with Crippen LogP contribution in [0.4, 0.5) is 5.69 Å². The number of hydrogen-bond donors (Lipinski definition) is 1. The number of benzene rings is 2. The summed E-state index contributed by atoms with van der Waals surface area (Å²) >= 11 is 12.5. The van der Waals surface area contributed by atoms with Gasteiger partial charge >= 0.3 is 0 Å². The van der Waals surface area contributed by atoms with E-state index in [9.17, 15) is 10.1 Å². The summed E-state index contributed by atoms with van der Waals surface area (Å²) in [6.07, 6.45) is 1.59. The third kappa shape index (κ3) is 4.43. The second kappa shape index (κ2) is 8.79. The fourth-order valence-corrected chi connectivity index (χ4v) is 3.65. The molecule has 3 rings (SSSR count). The Bertz CT molecular complexity index is 1220. The van der Waals surface area contributed by atoms with Crippen LogP contribution in [0, 0.1) is 39.0 Å². The Hall–Kier alpha value is -3.00. The Morgan fingerprint density at radius 2 is 1.77 bits per heavy atom. The number of nitrogens with one attached hydrogen (secondary N) is 1. The first-order valence-corrected chi connectivity index (χ1v) is 10.1. The minimum Gasteiger partial charge on any atom is -0.321 e. The fraction of sp³-hybridized carbons (Fsp3) is 0.167. The number of anilines is 1. The first kappa shape index (κ1) is 21.7. The monoisotopic (exact) mass is 437 g/mol. The number of hydrogen-bond acceptors (Lipinski definition) is 2. The Kier molecular flexibility index (Phi) is 6.36. The lowest BCUT2D eigenvalue weighted by atomic mass is 10.1. The second-order valence-electron chi connectivity index (χ2n) is 7.18. The summed E-state index contributed by atoms with van der Waals surface area (Å²) in [6, 6.07) is 14.8. The number of amides is 1. The Morgan fingerprint density at radius 3 is 2.43 bits per heavy atom. The van der Waals surface area contributed by atoms with Crippen LogP contribution >= 0.6 is 23.2 Å². The summed E-state index contributed by atoms with van der Waals surface area (Å²) in [7, 11) is 0. The predicted molar refractivity (Wildman–Crippen MR) is 123 cm³/mol. The summed E-state index contributed by atoms with van der Waals surface area (Å²) in [5.41, 5.74) is 6.14. The van der Waals surface area contributed by atoms with Crippen molar-refractivity contribution in [3.63, 3.8) is 0 Å². The zero-order valence-corrected chi connectivity index (χ0v) is 18.7. The van der Waals surface area contributed by atoms with E-state index >= 15 is 0 Å². The maximum atomic E-state index is 12.7. The van der Waals surface area contributed by atoms with Gasteiger partial charge in [-0.1, -0.05) is 29.3 Å². The molecule has 1 heterocycles. The molecule has 0 radical (unpaired) electrons. The summed E-state index contributed by atoms with van der Waals surface area (Å²) in [4.78, 5) is 12.7. The molecule has 30 heavy (non-hydrogen) atoms. The van der Waals surface area contributed by atoms with E-state index < -0.39 is 5.91 Å². The molecular weight excluding hydrogens is 417 g/mol. The summed E-state index contributed by atoms with van der Waals surface area (Å²) in [5, 5.41) is 13.5. The van der Waals surface area contributed by atoms with Gasteiger partial charge in [-0.05, 0) is 86.9 Å². The smallest absolute Gasteiger partial charge is 0.266 e. The van der Waals surface area contributed by atoms with Crippen molar-refractivity contribution in [3.8, 4) is 11.8 Å². The van der Waals surface area contributed by atoms with Gasteiger partial charge in [0.2, 0.25) is 0 Å². The van der Waals surface area contributed by atoms with Crippen molar-refractivity contribution in [2.75, 3.05) is 5.32 Å². The Balaban J connectivity index is 1.96. The number of carbonyl (C=O) groups is 1. The average Bonchev–Trinajstić information content (AvgIpc) is 2.97. The normalized spacial score (nSPS) is 11.3. The van der Waals surface area contributed by atoms with Crippen LogP contribution in [0.5, 0.6) is 0 Å². The van der Waals surface area contributed by atoms with Gasteiger partial charge < -0.3 is 9.88 Å². The van der Waals surface area contributed by atoms with Crippen molar-refractivity contribution in [1.82, 2.24) is 4.57 Å². The van der Waals surface area contributed by atoms with E-state index in [0.29, 0.717) is 15.7 Å². The molecule has 0 atom stereocenters. The van der Waals surface area contributed by atoms with Gasteiger partial charge in [-0.2, -0.15) is 5.26 Å². The van der Waals surface area contributed by atoms with Gasteiger partial charge in [0, 0.05) is 22.1 Å². The number of aryl methyl sites for hydroxylation is 3. The number of aromatic nitrogens is 1. The number of carbonyl (C=O) groups excluding carboxylic acids is 1. The lowest BCUT2D eigenvalue weighted by Gasteiger charge is -2.12. The van der Waals surface area contributed by atoms with E-state index in [4.69, 9.17) is 23.2 Å². The molecule has 0 aliphatic heterocycles. The third-order valence-electron chi connectivity index (χ3n) is 5.05. The van der Waals surface area contributed by atoms with Gasteiger partial charge in [0.25, 0.3) is 5.91 Å². The van der Waals surface area contributed by atoms with Crippen molar-refractivity contribution in [2.24, 2.45) is 0 Å². The van der Waals surface area contributed by atoms with E-state index in [1.807, 2.05) is 62.6 Å². The summed E-state index contributed by atoms with van der Waals surface area (Å²) < 4.78 is 1.95. The standard InChI is InChI=1S/C24H21Cl2N3O/c1-14-5-7-21(9-15(14)2)28-24(30)19(13-27)11-18-10-16(3)29(17(18)4)23-12-20(25)6-8-22(23)26/h5-12H,1-4H3,(H,28,30)/b19-11-. The van der Waals surface area contributed by atoms with Crippen molar-refractivity contribution in [2.45, 2.75) is 27.7 Å². The highest BCUT2D eigenvalue weighted by atomic mass is 35.5. The zero-order valence-electron chi connectivity index (χ0n) is 17.2. The van der Waals surface area contributed by atoms with Crippen LogP contribution in [-0.2, 0) is 4.79 Å².